The SMILES string of the molecule is O=Cc1ncn2c1CN(C(=O)c1cccnc1)CC2. The first-order valence-electron chi connectivity index (χ1n) is 5.98. The number of pyridine rings is 1. The van der Waals surface area contributed by atoms with Gasteiger partial charge in [0.1, 0.15) is 5.69 Å². The molecule has 0 atom stereocenters. The molecule has 0 aromatic carbocycles. The van der Waals surface area contributed by atoms with Crippen LogP contribution in [0.25, 0.3) is 0 Å². The van der Waals surface area contributed by atoms with Crippen molar-refractivity contribution in [1.29, 1.82) is 0 Å². The Morgan fingerprint density at radius 3 is 3.00 bits per heavy atom. The van der Waals surface area contributed by atoms with E-state index >= 15 is 0 Å². The van der Waals surface area contributed by atoms with Crippen LogP contribution in [0.2, 0.25) is 0 Å². The van der Waals surface area contributed by atoms with Crippen molar-refractivity contribution in [3.05, 3.63) is 47.8 Å². The van der Waals surface area contributed by atoms with Crippen molar-refractivity contribution in [3.63, 3.8) is 0 Å². The Kier molecular flexibility index (Phi) is 2.83. The molecule has 1 aliphatic rings. The van der Waals surface area contributed by atoms with Gasteiger partial charge in [-0.3, -0.25) is 14.6 Å². The van der Waals surface area contributed by atoms with E-state index in [4.69, 9.17) is 0 Å². The van der Waals surface area contributed by atoms with E-state index in [1.165, 1.54) is 0 Å². The van der Waals surface area contributed by atoms with Gasteiger partial charge in [-0.05, 0) is 12.1 Å². The number of hydrogen-bond donors (Lipinski definition) is 0. The Morgan fingerprint density at radius 2 is 2.26 bits per heavy atom. The highest BCUT2D eigenvalue weighted by Gasteiger charge is 2.24. The number of aromatic nitrogens is 3. The molecule has 3 heterocycles. The smallest absolute Gasteiger partial charge is 0.255 e. The molecular weight excluding hydrogens is 244 g/mol. The van der Waals surface area contributed by atoms with Gasteiger partial charge in [-0.15, -0.1) is 0 Å². The van der Waals surface area contributed by atoms with Gasteiger partial charge in [-0.25, -0.2) is 4.98 Å². The van der Waals surface area contributed by atoms with Crippen molar-refractivity contribution in [1.82, 2.24) is 19.4 Å². The number of nitrogens with zero attached hydrogens (tertiary/aromatic N) is 4. The summed E-state index contributed by atoms with van der Waals surface area (Å²) in [6.45, 7) is 1.67. The lowest BCUT2D eigenvalue weighted by molar-refractivity contribution is 0.0709. The lowest BCUT2D eigenvalue weighted by Gasteiger charge is -2.28. The van der Waals surface area contributed by atoms with E-state index in [9.17, 15) is 9.59 Å². The maximum Gasteiger partial charge on any atom is 0.255 e. The molecular formula is C13H12N4O2. The summed E-state index contributed by atoms with van der Waals surface area (Å²) in [5, 5.41) is 0. The summed E-state index contributed by atoms with van der Waals surface area (Å²) in [4.78, 5) is 32.9. The van der Waals surface area contributed by atoms with Gasteiger partial charge in [0.05, 0.1) is 24.1 Å². The number of rotatable bonds is 2. The van der Waals surface area contributed by atoms with Crippen molar-refractivity contribution < 1.29 is 9.59 Å². The number of carbonyl (C=O) groups is 2. The Bertz CT molecular complexity index is 621. The molecule has 96 valence electrons. The van der Waals surface area contributed by atoms with Gasteiger partial charge in [-0.2, -0.15) is 0 Å². The largest absolute Gasteiger partial charge is 0.331 e. The molecule has 0 saturated heterocycles. The molecule has 6 heteroatoms. The van der Waals surface area contributed by atoms with Crippen molar-refractivity contribution in [2.75, 3.05) is 6.54 Å². The molecule has 0 N–H and O–H groups in total. The molecule has 3 rings (SSSR count). The van der Waals surface area contributed by atoms with E-state index in [1.54, 1.807) is 35.8 Å². The van der Waals surface area contributed by atoms with E-state index in [2.05, 4.69) is 9.97 Å². The van der Waals surface area contributed by atoms with Crippen LogP contribution in [0.3, 0.4) is 0 Å². The molecule has 2 aromatic heterocycles. The first-order chi connectivity index (χ1) is 9.29. The summed E-state index contributed by atoms with van der Waals surface area (Å²) < 4.78 is 1.91. The number of aldehydes is 1. The minimum Gasteiger partial charge on any atom is -0.331 e. The normalized spacial score (nSPS) is 14.0. The van der Waals surface area contributed by atoms with Crippen LogP contribution < -0.4 is 0 Å². The lowest BCUT2D eigenvalue weighted by Crippen LogP contribution is -2.38. The van der Waals surface area contributed by atoms with Gasteiger partial charge in [0.25, 0.3) is 5.91 Å². The number of fused-ring (bicyclic) bond motifs is 1. The van der Waals surface area contributed by atoms with Crippen LogP contribution in [0.5, 0.6) is 0 Å². The summed E-state index contributed by atoms with van der Waals surface area (Å²) in [5.41, 5.74) is 1.75. The zero-order valence-corrected chi connectivity index (χ0v) is 10.2. The monoisotopic (exact) mass is 256 g/mol. The number of amides is 1. The summed E-state index contributed by atoms with van der Waals surface area (Å²) >= 11 is 0. The van der Waals surface area contributed by atoms with Gasteiger partial charge >= 0.3 is 0 Å². The summed E-state index contributed by atoms with van der Waals surface area (Å²) in [7, 11) is 0. The molecule has 0 saturated carbocycles. The van der Waals surface area contributed by atoms with Gasteiger partial charge in [0.15, 0.2) is 6.29 Å². The minimum absolute atomic E-state index is 0.0719. The topological polar surface area (TPSA) is 68.1 Å². The van der Waals surface area contributed by atoms with Crippen LogP contribution in [0.15, 0.2) is 30.9 Å². The zero-order chi connectivity index (χ0) is 13.2. The standard InChI is InChI=1S/C13H12N4O2/c18-8-11-12-7-16(4-5-17(12)9-15-11)13(19)10-2-1-3-14-6-10/h1-3,6,8-9H,4-5,7H2. The van der Waals surface area contributed by atoms with Gasteiger partial charge in [0, 0.05) is 25.5 Å². The van der Waals surface area contributed by atoms with Crippen LogP contribution in [0.1, 0.15) is 26.5 Å². The maximum absolute atomic E-state index is 12.3. The fourth-order valence-electron chi connectivity index (χ4n) is 2.22. The molecule has 0 fully saturated rings. The molecule has 1 amide bonds. The van der Waals surface area contributed by atoms with E-state index in [-0.39, 0.29) is 5.91 Å². The van der Waals surface area contributed by atoms with E-state index in [1.807, 2.05) is 4.57 Å². The van der Waals surface area contributed by atoms with Crippen molar-refractivity contribution in [3.8, 4) is 0 Å². The number of imidazole rings is 1. The van der Waals surface area contributed by atoms with E-state index in [0.29, 0.717) is 30.9 Å². The molecule has 0 aliphatic carbocycles. The van der Waals surface area contributed by atoms with Crippen molar-refractivity contribution >= 4 is 12.2 Å². The van der Waals surface area contributed by atoms with Gasteiger partial charge < -0.3 is 9.47 Å². The third-order valence-electron chi connectivity index (χ3n) is 3.24. The van der Waals surface area contributed by atoms with Crippen molar-refractivity contribution in [2.45, 2.75) is 13.1 Å². The lowest BCUT2D eigenvalue weighted by atomic mass is 10.2. The quantitative estimate of drug-likeness (QED) is 0.743. The second-order valence-corrected chi connectivity index (χ2v) is 4.36. The number of hydrogen-bond acceptors (Lipinski definition) is 4. The fourth-order valence-corrected chi connectivity index (χ4v) is 2.22. The Balaban J connectivity index is 1.86. The van der Waals surface area contributed by atoms with Crippen molar-refractivity contribution in [2.24, 2.45) is 0 Å². The van der Waals surface area contributed by atoms with Crippen LogP contribution in [-0.4, -0.2) is 38.2 Å². The predicted octanol–water partition coefficient (Wildman–Crippen LogP) is 0.747. The molecule has 19 heavy (non-hydrogen) atoms. The Morgan fingerprint density at radius 1 is 1.37 bits per heavy atom. The second kappa shape index (κ2) is 4.64. The van der Waals surface area contributed by atoms with Crippen LogP contribution >= 0.6 is 0 Å². The first-order valence-corrected chi connectivity index (χ1v) is 5.98. The third-order valence-corrected chi connectivity index (χ3v) is 3.24. The summed E-state index contributed by atoms with van der Waals surface area (Å²) in [5.74, 6) is -0.0719. The third kappa shape index (κ3) is 2.01. The predicted molar refractivity (Wildman–Crippen MR) is 66.6 cm³/mol. The molecule has 0 unspecified atom stereocenters. The highest BCUT2D eigenvalue weighted by Crippen LogP contribution is 2.17. The van der Waals surface area contributed by atoms with Gasteiger partial charge in [-0.1, -0.05) is 0 Å². The zero-order valence-electron chi connectivity index (χ0n) is 10.2. The van der Waals surface area contributed by atoms with Crippen LogP contribution in [0, 0.1) is 0 Å². The molecule has 2 aromatic rings. The Labute approximate surface area is 109 Å². The fraction of sp³-hybridized carbons (Fsp3) is 0.231. The first kappa shape index (κ1) is 11.6. The van der Waals surface area contributed by atoms with E-state index in [0.717, 1.165) is 12.0 Å². The maximum atomic E-state index is 12.3. The van der Waals surface area contributed by atoms with E-state index < -0.39 is 0 Å². The molecule has 0 bridgehead atoms. The van der Waals surface area contributed by atoms with Crippen LogP contribution in [0.4, 0.5) is 0 Å². The summed E-state index contributed by atoms with van der Waals surface area (Å²) in [6, 6.07) is 3.47. The minimum atomic E-state index is -0.0719. The molecule has 0 spiro atoms. The average Bonchev–Trinajstić information content (AvgIpc) is 2.89. The molecule has 1 aliphatic heterocycles. The average molecular weight is 256 g/mol. The Hall–Kier alpha value is -2.50. The summed E-state index contributed by atoms with van der Waals surface area (Å²) in [6.07, 6.45) is 5.55. The highest BCUT2D eigenvalue weighted by molar-refractivity contribution is 5.94. The highest BCUT2D eigenvalue weighted by atomic mass is 16.2. The van der Waals surface area contributed by atoms with Crippen LogP contribution in [-0.2, 0) is 13.1 Å². The van der Waals surface area contributed by atoms with Gasteiger partial charge in [0.2, 0.25) is 0 Å². The number of carbonyl (C=O) groups excluding carboxylic acids is 2. The molecule has 6 nitrogen and oxygen atoms in total. The second-order valence-electron chi connectivity index (χ2n) is 4.36. The molecule has 0 radical (unpaired) electrons.